The second-order valence-electron chi connectivity index (χ2n) is 17.8. The van der Waals surface area contributed by atoms with Gasteiger partial charge in [-0.2, -0.15) is 0 Å². The van der Waals surface area contributed by atoms with E-state index >= 15 is 4.57 Å². The van der Waals surface area contributed by atoms with E-state index in [9.17, 15) is 0 Å². The minimum atomic E-state index is -3.48. The first-order valence-corrected chi connectivity index (χ1v) is 26.6. The van der Waals surface area contributed by atoms with Gasteiger partial charge in [0.25, 0.3) is 0 Å². The smallest absolute Gasteiger partial charge is 0.184 e. The number of fused-ring (bicyclic) bond motifs is 13. The molecular weight excluding hydrogens is 854 g/mol. The van der Waals surface area contributed by atoms with Crippen molar-refractivity contribution in [1.29, 1.82) is 0 Å². The molecule has 3 aliphatic heterocycles. The Hall–Kier alpha value is -7.95. The molecule has 0 fully saturated rings. The first-order valence-electron chi connectivity index (χ1n) is 22.9. The highest BCUT2D eigenvalue weighted by molar-refractivity contribution is 7.85. The van der Waals surface area contributed by atoms with E-state index in [0.717, 1.165) is 88.7 Å². The molecule has 67 heavy (non-hydrogen) atoms. The number of furan rings is 1. The monoisotopic (exact) mass is 893 g/mol. The normalized spacial score (nSPS) is 18.2. The topological polar surface area (TPSA) is 42.7 Å². The van der Waals surface area contributed by atoms with Crippen LogP contribution < -0.4 is 46.3 Å². The molecule has 1 aromatic heterocycles. The highest BCUT2D eigenvalue weighted by Crippen LogP contribution is 2.62. The van der Waals surface area contributed by atoms with Crippen molar-refractivity contribution in [3.8, 4) is 11.5 Å². The maximum atomic E-state index is 16.7. The highest BCUT2D eigenvalue weighted by Gasteiger charge is 2.55. The number of hydrogen-bond acceptors (Lipinski definition) is 4. The molecule has 2 atom stereocenters. The molecule has 3 aliphatic rings. The molecule has 0 radical (unpaired) electrons. The summed E-state index contributed by atoms with van der Waals surface area (Å²) in [7, 11) is -6.31. The Labute approximate surface area is 389 Å². The zero-order valence-electron chi connectivity index (χ0n) is 36.2. The van der Waals surface area contributed by atoms with Crippen LogP contribution >= 0.6 is 7.14 Å². The second kappa shape index (κ2) is 14.3. The van der Waals surface area contributed by atoms with Crippen molar-refractivity contribution in [3.05, 3.63) is 265 Å². The van der Waals surface area contributed by atoms with Gasteiger partial charge in [-0.1, -0.05) is 194 Å². The van der Waals surface area contributed by atoms with Gasteiger partial charge in [-0.3, -0.25) is 0 Å². The maximum Gasteiger partial charge on any atom is 0.184 e. The summed E-state index contributed by atoms with van der Waals surface area (Å²) in [4.78, 5) is 2.44. The van der Waals surface area contributed by atoms with Gasteiger partial charge in [-0.15, -0.1) is 0 Å². The van der Waals surface area contributed by atoms with E-state index in [-0.39, 0.29) is 0 Å². The molecular formula is C61H40NO3PSi. The van der Waals surface area contributed by atoms with Gasteiger partial charge in [0, 0.05) is 60.9 Å². The van der Waals surface area contributed by atoms with Crippen LogP contribution in [0.2, 0.25) is 0 Å². The van der Waals surface area contributed by atoms with Gasteiger partial charge in [0.05, 0.1) is 5.41 Å². The van der Waals surface area contributed by atoms with Crippen LogP contribution in [0, 0.1) is 0 Å². The number of anilines is 3. The summed E-state index contributed by atoms with van der Waals surface area (Å²) in [6, 6.07) is 86.4. The molecule has 14 rings (SSSR count). The summed E-state index contributed by atoms with van der Waals surface area (Å²) in [5, 5.41) is 9.73. The van der Waals surface area contributed by atoms with Gasteiger partial charge in [0.15, 0.2) is 15.2 Å². The summed E-state index contributed by atoms with van der Waals surface area (Å²) >= 11 is 0. The molecule has 0 amide bonds. The molecule has 0 saturated carbocycles. The number of hydrogen-bond donors (Lipinski definition) is 0. The molecule has 316 valence electrons. The van der Waals surface area contributed by atoms with Crippen LogP contribution in [0.3, 0.4) is 0 Å². The Bertz CT molecular complexity index is 3760. The molecule has 0 N–H and O–H groups in total. The van der Waals surface area contributed by atoms with Crippen molar-refractivity contribution >= 4 is 90.9 Å². The molecule has 4 heterocycles. The van der Waals surface area contributed by atoms with Crippen molar-refractivity contribution < 1.29 is 13.7 Å². The molecule has 0 aliphatic carbocycles. The molecule has 10 aromatic carbocycles. The Morgan fingerprint density at radius 3 is 1.70 bits per heavy atom. The van der Waals surface area contributed by atoms with Crippen molar-refractivity contribution in [2.75, 3.05) is 4.90 Å². The van der Waals surface area contributed by atoms with Crippen LogP contribution in [0.25, 0.3) is 21.9 Å². The number of para-hydroxylation sites is 4. The number of benzene rings is 10. The largest absolute Gasteiger partial charge is 0.457 e. The van der Waals surface area contributed by atoms with E-state index in [1.165, 1.54) is 20.7 Å². The summed E-state index contributed by atoms with van der Waals surface area (Å²) in [6.45, 7) is 0. The summed E-state index contributed by atoms with van der Waals surface area (Å²) in [5.41, 5.74) is 7.85. The molecule has 0 bridgehead atoms. The average molecular weight is 894 g/mol. The lowest BCUT2D eigenvalue weighted by molar-refractivity contribution is 0.435. The first-order chi connectivity index (χ1) is 33.1. The predicted molar refractivity (Wildman–Crippen MR) is 277 cm³/mol. The number of nitrogens with zero attached hydrogens (tertiary/aromatic N) is 1. The van der Waals surface area contributed by atoms with Crippen LogP contribution in [0.4, 0.5) is 17.1 Å². The SMILES string of the molecule is O=P1(c2ccccc2)c2ccccc2C2(c3ccccc3Oc3cc(N4c5ccccc5[Si](c5ccccc5)(c5ccccc5)c5ccccc54)ccc32)c2cc3c(cc21)oc1ccccc13. The van der Waals surface area contributed by atoms with Crippen molar-refractivity contribution in [2.45, 2.75) is 5.41 Å². The fraction of sp³-hybridized carbons (Fsp3) is 0.0164. The molecule has 11 aromatic rings. The molecule has 1 spiro atoms. The Morgan fingerprint density at radius 1 is 0.418 bits per heavy atom. The van der Waals surface area contributed by atoms with Crippen molar-refractivity contribution in [2.24, 2.45) is 0 Å². The predicted octanol–water partition coefficient (Wildman–Crippen LogP) is 11.2. The van der Waals surface area contributed by atoms with Crippen molar-refractivity contribution in [3.63, 3.8) is 0 Å². The first kappa shape index (κ1) is 38.3. The van der Waals surface area contributed by atoms with Gasteiger partial charge < -0.3 is 18.6 Å². The van der Waals surface area contributed by atoms with Crippen LogP contribution in [-0.2, 0) is 9.98 Å². The fourth-order valence-corrected chi connectivity index (χ4v) is 20.3. The fourth-order valence-electron chi connectivity index (χ4n) is 12.0. The van der Waals surface area contributed by atoms with Crippen LogP contribution in [0.15, 0.2) is 247 Å². The van der Waals surface area contributed by atoms with E-state index in [1.807, 2.05) is 54.6 Å². The third-order valence-corrected chi connectivity index (χ3v) is 22.7. The summed E-state index contributed by atoms with van der Waals surface area (Å²) < 4.78 is 30.5. The Kier molecular flexibility index (Phi) is 8.16. The van der Waals surface area contributed by atoms with Crippen LogP contribution in [0.5, 0.6) is 11.5 Å². The van der Waals surface area contributed by atoms with Gasteiger partial charge >= 0.3 is 0 Å². The maximum absolute atomic E-state index is 16.7. The highest BCUT2D eigenvalue weighted by atomic mass is 31.2. The third-order valence-electron chi connectivity index (χ3n) is 14.7. The van der Waals surface area contributed by atoms with Gasteiger partial charge in [0.1, 0.15) is 22.7 Å². The zero-order chi connectivity index (χ0) is 44.3. The minimum Gasteiger partial charge on any atom is -0.457 e. The van der Waals surface area contributed by atoms with E-state index in [0.29, 0.717) is 0 Å². The number of rotatable bonds is 4. The summed E-state index contributed by atoms with van der Waals surface area (Å²) in [5.74, 6) is 1.52. The standard InChI is InChI=1S/C61H40NO3PSi/c63-66(42-20-4-1-5-21-42)57-33-17-12-28-49(57)61(50-39-46-45-26-10-15-31-53(45)64-55(46)40-58(50)66)47-27-11-16-32-54(47)65-56-38-41(36-37-48(56)61)62-51-29-13-18-34-59(51)67(43-22-6-2-7-23-43,44-24-8-3-9-25-44)60-35-19-14-30-52(60)62/h1-40H. The summed E-state index contributed by atoms with van der Waals surface area (Å²) in [6.07, 6.45) is 0. The van der Waals surface area contributed by atoms with E-state index in [4.69, 9.17) is 9.15 Å². The zero-order valence-corrected chi connectivity index (χ0v) is 38.1. The van der Waals surface area contributed by atoms with Gasteiger partial charge in [0.2, 0.25) is 0 Å². The molecule has 6 heteroatoms. The van der Waals surface area contributed by atoms with Crippen LogP contribution in [0.1, 0.15) is 22.3 Å². The van der Waals surface area contributed by atoms with Crippen molar-refractivity contribution in [1.82, 2.24) is 0 Å². The molecule has 2 unspecified atom stereocenters. The Balaban J connectivity index is 1.06. The second-order valence-corrected chi connectivity index (χ2v) is 24.2. The lowest BCUT2D eigenvalue weighted by atomic mass is 9.63. The van der Waals surface area contributed by atoms with E-state index < -0.39 is 20.6 Å². The quantitative estimate of drug-likeness (QED) is 0.130. The van der Waals surface area contributed by atoms with E-state index in [2.05, 4.69) is 193 Å². The lowest BCUT2D eigenvalue weighted by Gasteiger charge is -2.48. The van der Waals surface area contributed by atoms with E-state index in [1.54, 1.807) is 0 Å². The third kappa shape index (κ3) is 5.05. The molecule has 0 saturated heterocycles. The molecule has 4 nitrogen and oxygen atoms in total. The van der Waals surface area contributed by atoms with Gasteiger partial charge in [-0.05, 0) is 74.3 Å². The minimum absolute atomic E-state index is 0.717. The van der Waals surface area contributed by atoms with Crippen LogP contribution in [-0.4, -0.2) is 8.07 Å². The van der Waals surface area contributed by atoms with Gasteiger partial charge in [-0.25, -0.2) is 0 Å². The Morgan fingerprint density at radius 2 is 0.985 bits per heavy atom. The number of ether oxygens (including phenoxy) is 1. The lowest BCUT2D eigenvalue weighted by Crippen LogP contribution is -2.77. The average Bonchev–Trinajstić information content (AvgIpc) is 3.77.